The van der Waals surface area contributed by atoms with Gasteiger partial charge in [0.05, 0.1) is 33.4 Å². The lowest BCUT2D eigenvalue weighted by Gasteiger charge is -2.14. The lowest BCUT2D eigenvalue weighted by Crippen LogP contribution is -2.00. The first-order valence-corrected chi connectivity index (χ1v) is 18.5. The molecule has 4 aromatic heterocycles. The first kappa shape index (κ1) is 28.1. The van der Waals surface area contributed by atoms with Crippen LogP contribution >= 0.6 is 11.3 Å². The van der Waals surface area contributed by atoms with E-state index < -0.39 is 0 Å². The van der Waals surface area contributed by atoms with Crippen molar-refractivity contribution in [1.29, 1.82) is 0 Å². The molecule has 242 valence electrons. The average Bonchev–Trinajstić information content (AvgIpc) is 3.95. The van der Waals surface area contributed by atoms with E-state index in [0.29, 0.717) is 0 Å². The van der Waals surface area contributed by atoms with Crippen molar-refractivity contribution in [3.63, 3.8) is 0 Å². The zero-order valence-corrected chi connectivity index (χ0v) is 28.7. The number of para-hydroxylation sites is 5. The highest BCUT2D eigenvalue weighted by Gasteiger charge is 2.24. The van der Waals surface area contributed by atoms with E-state index in [0.717, 1.165) is 38.8 Å². The van der Waals surface area contributed by atoms with Gasteiger partial charge in [-0.15, -0.1) is 11.3 Å². The summed E-state index contributed by atoms with van der Waals surface area (Å²) in [6.45, 7) is 0. The maximum Gasteiger partial charge on any atom is 0.159 e. The van der Waals surface area contributed by atoms with E-state index in [1.807, 2.05) is 17.4 Å². The molecular weight excluding hydrogens is 653 g/mol. The van der Waals surface area contributed by atoms with Crippen molar-refractivity contribution in [2.24, 2.45) is 0 Å². The summed E-state index contributed by atoms with van der Waals surface area (Å²) in [5.74, 6) is 0. The van der Waals surface area contributed by atoms with E-state index in [9.17, 15) is 0 Å². The van der Waals surface area contributed by atoms with Gasteiger partial charge in [0.1, 0.15) is 5.58 Å². The van der Waals surface area contributed by atoms with Gasteiger partial charge in [0.25, 0.3) is 0 Å². The molecule has 12 rings (SSSR count). The van der Waals surface area contributed by atoms with Crippen LogP contribution < -0.4 is 0 Å². The lowest BCUT2D eigenvalue weighted by molar-refractivity contribution is 0.666. The van der Waals surface area contributed by atoms with Crippen molar-refractivity contribution in [2.45, 2.75) is 0 Å². The largest absolute Gasteiger partial charge is 0.454 e. The second-order valence-corrected chi connectivity index (χ2v) is 14.7. The highest BCUT2D eigenvalue weighted by atomic mass is 32.1. The van der Waals surface area contributed by atoms with Crippen LogP contribution in [-0.4, -0.2) is 9.13 Å². The van der Waals surface area contributed by atoms with Crippen LogP contribution in [0.2, 0.25) is 0 Å². The summed E-state index contributed by atoms with van der Waals surface area (Å²) in [6, 6.07) is 61.6. The molecule has 0 aliphatic rings. The molecule has 0 N–H and O–H groups in total. The lowest BCUT2D eigenvalue weighted by atomic mass is 10.0. The summed E-state index contributed by atoms with van der Waals surface area (Å²) < 4.78 is 14.3. The maximum atomic E-state index is 6.74. The van der Waals surface area contributed by atoms with Gasteiger partial charge >= 0.3 is 0 Å². The number of fused-ring (bicyclic) bond motifs is 13. The van der Waals surface area contributed by atoms with Crippen LogP contribution in [0.5, 0.6) is 0 Å². The third kappa shape index (κ3) is 3.74. The Hall–Kier alpha value is -6.62. The molecule has 0 unspecified atom stereocenters. The molecule has 0 radical (unpaired) electrons. The molecule has 0 fully saturated rings. The van der Waals surface area contributed by atoms with E-state index in [-0.39, 0.29) is 0 Å². The van der Waals surface area contributed by atoms with E-state index in [1.54, 1.807) is 0 Å². The zero-order valence-electron chi connectivity index (χ0n) is 27.9. The van der Waals surface area contributed by atoms with E-state index in [1.165, 1.54) is 69.4 Å². The number of hydrogen-bond acceptors (Lipinski definition) is 2. The number of furan rings is 1. The molecule has 0 bridgehead atoms. The Labute approximate surface area is 301 Å². The molecule has 0 aliphatic carbocycles. The van der Waals surface area contributed by atoms with Crippen LogP contribution in [0.3, 0.4) is 0 Å². The molecule has 12 aromatic rings. The quantitative estimate of drug-likeness (QED) is 0.182. The standard InChI is InChI=1S/C48H28N2OS/c1-2-12-29(13-3-1)30-24-27-44-37(28-30)35-25-26-40-45(48(35)52-44)36-18-11-21-41(49-38-19-7-4-14-31(38)32-15-5-8-20-39(32)49)46(36)50(40)42-22-10-17-34-33-16-6-9-23-43(33)51-47(34)42/h1-28H. The van der Waals surface area contributed by atoms with Gasteiger partial charge in [-0.05, 0) is 59.7 Å². The SMILES string of the molecule is c1ccc(-c2ccc3sc4c(ccc5c4c4cccc(-n6c7ccccc7c7ccccc76)c4n5-c4cccc5c4oc4ccccc45)c3c2)cc1. The predicted octanol–water partition coefficient (Wildman–Crippen LogP) is 13.8. The van der Waals surface area contributed by atoms with Gasteiger partial charge in [-0.25, -0.2) is 0 Å². The third-order valence-electron chi connectivity index (χ3n) is 10.9. The molecular formula is C48H28N2OS. The van der Waals surface area contributed by atoms with Crippen LogP contribution in [-0.2, 0) is 0 Å². The fourth-order valence-corrected chi connectivity index (χ4v) is 9.94. The van der Waals surface area contributed by atoms with Crippen LogP contribution in [0, 0.1) is 0 Å². The predicted molar refractivity (Wildman–Crippen MR) is 221 cm³/mol. The Bertz CT molecular complexity index is 3360. The summed E-state index contributed by atoms with van der Waals surface area (Å²) in [6.07, 6.45) is 0. The Morgan fingerprint density at radius 3 is 1.88 bits per heavy atom. The van der Waals surface area contributed by atoms with Crippen molar-refractivity contribution in [3.8, 4) is 22.5 Å². The Morgan fingerprint density at radius 1 is 0.404 bits per heavy atom. The second-order valence-electron chi connectivity index (χ2n) is 13.6. The Morgan fingerprint density at radius 2 is 1.08 bits per heavy atom. The average molecular weight is 681 g/mol. The van der Waals surface area contributed by atoms with Crippen molar-refractivity contribution < 1.29 is 4.42 Å². The van der Waals surface area contributed by atoms with Crippen molar-refractivity contribution >= 4 is 97.1 Å². The Balaban J connectivity index is 1.26. The number of benzene rings is 8. The van der Waals surface area contributed by atoms with Crippen LogP contribution in [0.25, 0.3) is 108 Å². The highest BCUT2D eigenvalue weighted by molar-refractivity contribution is 7.26. The van der Waals surface area contributed by atoms with Gasteiger partial charge in [0, 0.05) is 52.5 Å². The summed E-state index contributed by atoms with van der Waals surface area (Å²) in [5.41, 5.74) is 11.1. The van der Waals surface area contributed by atoms with Crippen LogP contribution in [0.15, 0.2) is 174 Å². The molecule has 0 aliphatic heterocycles. The molecule has 8 aromatic carbocycles. The fourth-order valence-electron chi connectivity index (χ4n) is 8.70. The number of nitrogens with zero attached hydrogens (tertiary/aromatic N) is 2. The maximum absolute atomic E-state index is 6.74. The molecule has 0 atom stereocenters. The summed E-state index contributed by atoms with van der Waals surface area (Å²) >= 11 is 1.89. The van der Waals surface area contributed by atoms with E-state index in [2.05, 4.69) is 173 Å². The number of hydrogen-bond donors (Lipinski definition) is 0. The van der Waals surface area contributed by atoms with Gasteiger partial charge < -0.3 is 13.6 Å². The number of aromatic nitrogens is 2. The number of thiophene rings is 1. The molecule has 52 heavy (non-hydrogen) atoms. The van der Waals surface area contributed by atoms with Gasteiger partial charge in [0.15, 0.2) is 5.58 Å². The van der Waals surface area contributed by atoms with Crippen molar-refractivity contribution in [3.05, 3.63) is 170 Å². The zero-order chi connectivity index (χ0) is 33.9. The minimum atomic E-state index is 0.892. The van der Waals surface area contributed by atoms with E-state index >= 15 is 0 Å². The van der Waals surface area contributed by atoms with Crippen molar-refractivity contribution in [2.75, 3.05) is 0 Å². The monoisotopic (exact) mass is 680 g/mol. The Kier molecular flexibility index (Phi) is 5.65. The third-order valence-corrected chi connectivity index (χ3v) is 12.1. The molecule has 3 nitrogen and oxygen atoms in total. The van der Waals surface area contributed by atoms with Crippen LogP contribution in [0.1, 0.15) is 0 Å². The second kappa shape index (κ2) is 10.5. The highest BCUT2D eigenvalue weighted by Crippen LogP contribution is 2.47. The summed E-state index contributed by atoms with van der Waals surface area (Å²) in [4.78, 5) is 0. The molecule has 0 spiro atoms. The first-order chi connectivity index (χ1) is 25.8. The van der Waals surface area contributed by atoms with E-state index in [4.69, 9.17) is 4.42 Å². The molecule has 0 saturated heterocycles. The van der Waals surface area contributed by atoms with Crippen molar-refractivity contribution in [1.82, 2.24) is 9.13 Å². The molecule has 0 amide bonds. The van der Waals surface area contributed by atoms with Gasteiger partial charge in [-0.1, -0.05) is 121 Å². The molecule has 4 heteroatoms. The fraction of sp³-hybridized carbons (Fsp3) is 0. The topological polar surface area (TPSA) is 23.0 Å². The molecule has 0 saturated carbocycles. The first-order valence-electron chi connectivity index (χ1n) is 17.7. The van der Waals surface area contributed by atoms with Gasteiger partial charge in [-0.2, -0.15) is 0 Å². The molecule has 4 heterocycles. The van der Waals surface area contributed by atoms with Gasteiger partial charge in [-0.3, -0.25) is 0 Å². The minimum absolute atomic E-state index is 0.892. The van der Waals surface area contributed by atoms with Crippen LogP contribution in [0.4, 0.5) is 0 Å². The summed E-state index contributed by atoms with van der Waals surface area (Å²) in [5, 5.41) is 9.82. The normalized spacial score (nSPS) is 12.2. The smallest absolute Gasteiger partial charge is 0.159 e. The summed E-state index contributed by atoms with van der Waals surface area (Å²) in [7, 11) is 0. The van der Waals surface area contributed by atoms with Gasteiger partial charge in [0.2, 0.25) is 0 Å². The minimum Gasteiger partial charge on any atom is -0.454 e. The number of rotatable bonds is 3.